The van der Waals surface area contributed by atoms with Crippen LogP contribution in [-0.4, -0.2) is 18.4 Å². The van der Waals surface area contributed by atoms with E-state index in [9.17, 15) is 9.59 Å². The third-order valence-electron chi connectivity index (χ3n) is 4.46. The van der Waals surface area contributed by atoms with E-state index >= 15 is 0 Å². The van der Waals surface area contributed by atoms with E-state index in [1.807, 2.05) is 35.2 Å². The number of carbonyl (C=O) groups excluding carboxylic acids is 2. The highest BCUT2D eigenvalue weighted by Gasteiger charge is 2.30. The van der Waals surface area contributed by atoms with Crippen LogP contribution in [0, 0.1) is 5.92 Å². The van der Waals surface area contributed by atoms with Crippen LogP contribution in [0.1, 0.15) is 28.8 Å². The first-order valence-corrected chi connectivity index (χ1v) is 8.03. The Kier molecular flexibility index (Phi) is 3.37. The zero-order valence-corrected chi connectivity index (χ0v) is 12.8. The summed E-state index contributed by atoms with van der Waals surface area (Å²) in [5.41, 5.74) is 3.50. The average molecular weight is 306 g/mol. The number of fused-ring (bicyclic) bond motifs is 1. The van der Waals surface area contributed by atoms with Gasteiger partial charge in [-0.05, 0) is 49.1 Å². The lowest BCUT2D eigenvalue weighted by Crippen LogP contribution is -2.29. The van der Waals surface area contributed by atoms with E-state index in [1.54, 1.807) is 12.1 Å². The summed E-state index contributed by atoms with van der Waals surface area (Å²) in [6.07, 6.45) is 2.82. The second-order valence-corrected chi connectivity index (χ2v) is 6.18. The van der Waals surface area contributed by atoms with Crippen LogP contribution in [0.3, 0.4) is 0 Å². The SMILES string of the molecule is O=C(Nc1cccc(C(=O)N2CCc3ccccc32)c1)C1CC1. The molecule has 116 valence electrons. The Hall–Kier alpha value is -2.62. The summed E-state index contributed by atoms with van der Waals surface area (Å²) in [4.78, 5) is 26.5. The second-order valence-electron chi connectivity index (χ2n) is 6.18. The van der Waals surface area contributed by atoms with Crippen LogP contribution in [-0.2, 0) is 11.2 Å². The molecule has 1 aliphatic heterocycles. The van der Waals surface area contributed by atoms with Gasteiger partial charge in [0.25, 0.3) is 5.91 Å². The third kappa shape index (κ3) is 2.72. The smallest absolute Gasteiger partial charge is 0.258 e. The predicted molar refractivity (Wildman–Crippen MR) is 89.6 cm³/mol. The molecule has 2 aliphatic rings. The molecule has 23 heavy (non-hydrogen) atoms. The van der Waals surface area contributed by atoms with Gasteiger partial charge < -0.3 is 10.2 Å². The van der Waals surface area contributed by atoms with E-state index in [0.717, 1.165) is 24.9 Å². The van der Waals surface area contributed by atoms with Gasteiger partial charge in [0, 0.05) is 29.4 Å². The number of rotatable bonds is 3. The molecule has 0 saturated heterocycles. The summed E-state index contributed by atoms with van der Waals surface area (Å²) in [6.45, 7) is 0.705. The van der Waals surface area contributed by atoms with E-state index in [4.69, 9.17) is 0 Å². The molecule has 1 fully saturated rings. The number of para-hydroxylation sites is 1. The van der Waals surface area contributed by atoms with Crippen LogP contribution < -0.4 is 10.2 Å². The van der Waals surface area contributed by atoms with Crippen LogP contribution in [0.15, 0.2) is 48.5 Å². The van der Waals surface area contributed by atoms with E-state index in [0.29, 0.717) is 17.8 Å². The van der Waals surface area contributed by atoms with Gasteiger partial charge in [-0.3, -0.25) is 9.59 Å². The van der Waals surface area contributed by atoms with E-state index in [-0.39, 0.29) is 17.7 Å². The molecule has 4 nitrogen and oxygen atoms in total. The highest BCUT2D eigenvalue weighted by atomic mass is 16.2. The van der Waals surface area contributed by atoms with Crippen LogP contribution in [0.5, 0.6) is 0 Å². The van der Waals surface area contributed by atoms with Crippen molar-refractivity contribution in [2.75, 3.05) is 16.8 Å². The number of amides is 2. The maximum atomic E-state index is 12.8. The van der Waals surface area contributed by atoms with Gasteiger partial charge in [-0.1, -0.05) is 24.3 Å². The lowest BCUT2D eigenvalue weighted by molar-refractivity contribution is -0.117. The van der Waals surface area contributed by atoms with Crippen molar-refractivity contribution in [3.8, 4) is 0 Å². The monoisotopic (exact) mass is 306 g/mol. The van der Waals surface area contributed by atoms with Gasteiger partial charge in [-0.2, -0.15) is 0 Å². The number of nitrogens with zero attached hydrogens (tertiary/aromatic N) is 1. The number of hydrogen-bond acceptors (Lipinski definition) is 2. The van der Waals surface area contributed by atoms with E-state index < -0.39 is 0 Å². The number of anilines is 2. The Morgan fingerprint density at radius 1 is 1.04 bits per heavy atom. The van der Waals surface area contributed by atoms with Crippen molar-refractivity contribution in [3.05, 3.63) is 59.7 Å². The normalized spacial score (nSPS) is 16.1. The Balaban J connectivity index is 1.56. The standard InChI is InChI=1S/C19H18N2O2/c22-18(14-8-9-14)20-16-6-3-5-15(12-16)19(23)21-11-10-13-4-1-2-7-17(13)21/h1-7,12,14H,8-11H2,(H,20,22). The lowest BCUT2D eigenvalue weighted by atomic mass is 10.1. The first kappa shape index (κ1) is 14.0. The summed E-state index contributed by atoms with van der Waals surface area (Å²) in [6, 6.07) is 15.2. The molecule has 0 bridgehead atoms. The first-order chi connectivity index (χ1) is 11.2. The maximum absolute atomic E-state index is 12.8. The summed E-state index contributed by atoms with van der Waals surface area (Å²) >= 11 is 0. The molecule has 1 aliphatic carbocycles. The fraction of sp³-hybridized carbons (Fsp3) is 0.263. The van der Waals surface area contributed by atoms with Crippen molar-refractivity contribution in [2.24, 2.45) is 5.92 Å². The topological polar surface area (TPSA) is 49.4 Å². The largest absolute Gasteiger partial charge is 0.326 e. The van der Waals surface area contributed by atoms with Crippen molar-refractivity contribution in [2.45, 2.75) is 19.3 Å². The molecule has 0 spiro atoms. The van der Waals surface area contributed by atoms with Crippen molar-refractivity contribution < 1.29 is 9.59 Å². The van der Waals surface area contributed by atoms with Gasteiger partial charge in [0.05, 0.1) is 0 Å². The molecule has 4 rings (SSSR count). The van der Waals surface area contributed by atoms with Gasteiger partial charge in [0.15, 0.2) is 0 Å². The maximum Gasteiger partial charge on any atom is 0.258 e. The third-order valence-corrected chi connectivity index (χ3v) is 4.46. The minimum atomic E-state index is -0.0162. The first-order valence-electron chi connectivity index (χ1n) is 8.03. The molecule has 0 radical (unpaired) electrons. The van der Waals surface area contributed by atoms with Crippen molar-refractivity contribution in [1.82, 2.24) is 0 Å². The van der Waals surface area contributed by atoms with Crippen LogP contribution in [0.2, 0.25) is 0 Å². The second kappa shape index (κ2) is 5.54. The van der Waals surface area contributed by atoms with Crippen LogP contribution >= 0.6 is 0 Å². The summed E-state index contributed by atoms with van der Waals surface area (Å²) in [5.74, 6) is 0.193. The van der Waals surface area contributed by atoms with E-state index in [1.165, 1.54) is 5.56 Å². The summed E-state index contributed by atoms with van der Waals surface area (Å²) < 4.78 is 0. The van der Waals surface area contributed by atoms with Gasteiger partial charge in [0.2, 0.25) is 5.91 Å². The van der Waals surface area contributed by atoms with Crippen molar-refractivity contribution in [1.29, 1.82) is 0 Å². The molecular weight excluding hydrogens is 288 g/mol. The fourth-order valence-electron chi connectivity index (χ4n) is 3.02. The zero-order valence-electron chi connectivity index (χ0n) is 12.8. The van der Waals surface area contributed by atoms with E-state index in [2.05, 4.69) is 11.4 Å². The number of hydrogen-bond donors (Lipinski definition) is 1. The molecule has 1 saturated carbocycles. The molecule has 0 aromatic heterocycles. The van der Waals surface area contributed by atoms with Crippen LogP contribution in [0.25, 0.3) is 0 Å². The Labute approximate surface area is 135 Å². The molecule has 2 aromatic carbocycles. The molecule has 0 atom stereocenters. The lowest BCUT2D eigenvalue weighted by Gasteiger charge is -2.18. The molecule has 1 heterocycles. The number of nitrogens with one attached hydrogen (secondary N) is 1. The van der Waals surface area contributed by atoms with Crippen molar-refractivity contribution >= 4 is 23.2 Å². The Bertz CT molecular complexity index is 780. The number of benzene rings is 2. The minimum Gasteiger partial charge on any atom is -0.326 e. The molecular formula is C19H18N2O2. The summed E-state index contributed by atoms with van der Waals surface area (Å²) in [7, 11) is 0. The van der Waals surface area contributed by atoms with Gasteiger partial charge >= 0.3 is 0 Å². The molecule has 4 heteroatoms. The summed E-state index contributed by atoms with van der Waals surface area (Å²) in [5, 5.41) is 2.90. The molecule has 2 amide bonds. The van der Waals surface area contributed by atoms with Crippen LogP contribution in [0.4, 0.5) is 11.4 Å². The highest BCUT2D eigenvalue weighted by Crippen LogP contribution is 2.31. The van der Waals surface area contributed by atoms with Crippen molar-refractivity contribution in [3.63, 3.8) is 0 Å². The highest BCUT2D eigenvalue weighted by molar-refractivity contribution is 6.08. The Morgan fingerprint density at radius 3 is 2.70 bits per heavy atom. The van der Waals surface area contributed by atoms with Gasteiger partial charge in [-0.25, -0.2) is 0 Å². The molecule has 0 unspecified atom stereocenters. The molecule has 1 N–H and O–H groups in total. The fourth-order valence-corrected chi connectivity index (χ4v) is 3.02. The minimum absolute atomic E-state index is 0.0162. The quantitative estimate of drug-likeness (QED) is 0.946. The number of carbonyl (C=O) groups is 2. The Morgan fingerprint density at radius 2 is 1.87 bits per heavy atom. The zero-order chi connectivity index (χ0) is 15.8. The predicted octanol–water partition coefficient (Wildman–Crippen LogP) is 3.24. The molecule has 2 aromatic rings. The van der Waals surface area contributed by atoms with Gasteiger partial charge in [0.1, 0.15) is 0 Å². The average Bonchev–Trinajstić information content (AvgIpc) is 3.34. The van der Waals surface area contributed by atoms with Gasteiger partial charge in [-0.15, -0.1) is 0 Å².